The number of para-hydroxylation sites is 1. The van der Waals surface area contributed by atoms with E-state index in [1.165, 1.54) is 13.2 Å². The van der Waals surface area contributed by atoms with E-state index >= 15 is 0 Å². The molecule has 0 saturated carbocycles. The Balaban J connectivity index is 1.96. The van der Waals surface area contributed by atoms with Crippen LogP contribution in [0.2, 0.25) is 0 Å². The predicted molar refractivity (Wildman–Crippen MR) is 146 cm³/mol. The second-order valence-corrected chi connectivity index (χ2v) is 12.2. The minimum Gasteiger partial charge on any atom is -0.494 e. The van der Waals surface area contributed by atoms with Crippen LogP contribution in [0.25, 0.3) is 0 Å². The lowest BCUT2D eigenvalue weighted by atomic mass is 10.2. The lowest BCUT2D eigenvalue weighted by Gasteiger charge is -2.22. The van der Waals surface area contributed by atoms with Crippen LogP contribution in [0, 0.1) is 15.9 Å². The monoisotopic (exact) mass is 531 g/mol. The predicted octanol–water partition coefficient (Wildman–Crippen LogP) is 4.27. The number of aromatic nitrogens is 2. The highest BCUT2D eigenvalue weighted by Gasteiger charge is 2.23. The Bertz CT molecular complexity index is 1330. The van der Waals surface area contributed by atoms with E-state index in [0.29, 0.717) is 35.5 Å². The highest BCUT2D eigenvalue weighted by atomic mass is 31.2. The Hall–Kier alpha value is -3.76. The van der Waals surface area contributed by atoms with Crippen molar-refractivity contribution in [3.05, 3.63) is 58.5 Å². The van der Waals surface area contributed by atoms with E-state index in [2.05, 4.69) is 20.6 Å². The average Bonchev–Trinajstić information content (AvgIpc) is 2.83. The molecule has 3 rings (SSSR count). The average molecular weight is 532 g/mol. The molecular formula is C24H31FN7O4P. The van der Waals surface area contributed by atoms with Gasteiger partial charge in [-0.05, 0) is 39.6 Å². The molecule has 2 aromatic carbocycles. The van der Waals surface area contributed by atoms with Crippen molar-refractivity contribution in [2.45, 2.75) is 0 Å². The number of likely N-dealkylation sites (N-methyl/N-ethyl adjacent to an activating group) is 2. The summed E-state index contributed by atoms with van der Waals surface area (Å²) in [5, 5.41) is 18.2. The van der Waals surface area contributed by atoms with Gasteiger partial charge in [-0.2, -0.15) is 4.98 Å². The maximum Gasteiger partial charge on any atom is 0.294 e. The first-order chi connectivity index (χ1) is 17.4. The van der Waals surface area contributed by atoms with E-state index in [1.54, 1.807) is 55.6 Å². The second kappa shape index (κ2) is 11.5. The molecule has 0 bridgehead atoms. The zero-order valence-electron chi connectivity index (χ0n) is 21.6. The standard InChI is InChI=1S/C24H31FN7O4P/c1-30(2)11-12-31(3)19-14-21(36-4)18(13-20(19)32(33)34)28-24-26-15-16(25)23(29-24)27-17-9-7-8-10-22(17)37(5,6)35/h7-10,13-15H,11-12H2,1-6H3,(H2,26,27,28,29). The molecule has 2 N–H and O–H groups in total. The Morgan fingerprint density at radius 3 is 2.43 bits per heavy atom. The van der Waals surface area contributed by atoms with Crippen LogP contribution < -0.4 is 25.6 Å². The number of nitro groups is 1. The smallest absolute Gasteiger partial charge is 0.294 e. The van der Waals surface area contributed by atoms with Crippen molar-refractivity contribution < 1.29 is 18.6 Å². The largest absolute Gasteiger partial charge is 0.494 e. The highest BCUT2D eigenvalue weighted by Crippen LogP contribution is 2.40. The molecule has 0 aliphatic heterocycles. The molecule has 0 atom stereocenters. The van der Waals surface area contributed by atoms with Crippen molar-refractivity contribution in [2.75, 3.05) is 70.2 Å². The fourth-order valence-corrected chi connectivity index (χ4v) is 4.71. The third-order valence-electron chi connectivity index (χ3n) is 5.52. The van der Waals surface area contributed by atoms with Gasteiger partial charge in [-0.15, -0.1) is 0 Å². The van der Waals surface area contributed by atoms with Gasteiger partial charge in [0.1, 0.15) is 18.6 Å². The number of methoxy groups -OCH3 is 1. The van der Waals surface area contributed by atoms with Crippen LogP contribution in [-0.4, -0.2) is 74.5 Å². The van der Waals surface area contributed by atoms with Gasteiger partial charge in [-0.1, -0.05) is 12.1 Å². The van der Waals surface area contributed by atoms with Gasteiger partial charge in [0, 0.05) is 37.6 Å². The number of ether oxygens (including phenoxy) is 1. The number of nitrogens with one attached hydrogen (secondary N) is 2. The minimum absolute atomic E-state index is 0.0149. The van der Waals surface area contributed by atoms with Crippen molar-refractivity contribution >= 4 is 47.0 Å². The summed E-state index contributed by atoms with van der Waals surface area (Å²) in [4.78, 5) is 23.3. The lowest BCUT2D eigenvalue weighted by Crippen LogP contribution is -2.29. The molecule has 0 aliphatic rings. The van der Waals surface area contributed by atoms with Gasteiger partial charge < -0.3 is 29.7 Å². The number of hydrogen-bond acceptors (Lipinski definition) is 10. The molecule has 11 nitrogen and oxygen atoms in total. The van der Waals surface area contributed by atoms with E-state index in [9.17, 15) is 19.1 Å². The molecule has 3 aromatic rings. The van der Waals surface area contributed by atoms with Crippen molar-refractivity contribution in [2.24, 2.45) is 0 Å². The van der Waals surface area contributed by atoms with Crippen molar-refractivity contribution in [3.63, 3.8) is 0 Å². The maximum absolute atomic E-state index is 14.6. The third kappa shape index (κ3) is 6.93. The number of halogens is 1. The molecule has 0 amide bonds. The van der Waals surface area contributed by atoms with E-state index in [0.717, 1.165) is 6.20 Å². The number of nitro benzene ring substituents is 1. The first-order valence-corrected chi connectivity index (χ1v) is 13.9. The lowest BCUT2D eigenvalue weighted by molar-refractivity contribution is -0.384. The maximum atomic E-state index is 14.6. The Labute approximate surface area is 215 Å². The fourth-order valence-electron chi connectivity index (χ4n) is 3.56. The molecule has 0 spiro atoms. The number of hydrogen-bond donors (Lipinski definition) is 2. The highest BCUT2D eigenvalue weighted by molar-refractivity contribution is 7.70. The van der Waals surface area contributed by atoms with Gasteiger partial charge >= 0.3 is 0 Å². The van der Waals surface area contributed by atoms with E-state index in [1.807, 2.05) is 19.0 Å². The molecule has 37 heavy (non-hydrogen) atoms. The van der Waals surface area contributed by atoms with Gasteiger partial charge in [0.15, 0.2) is 11.6 Å². The normalized spacial score (nSPS) is 11.4. The molecule has 0 unspecified atom stereocenters. The van der Waals surface area contributed by atoms with Gasteiger partial charge in [0.2, 0.25) is 5.95 Å². The van der Waals surface area contributed by atoms with Crippen molar-refractivity contribution in [1.29, 1.82) is 0 Å². The summed E-state index contributed by atoms with van der Waals surface area (Å²) in [5.74, 6) is -0.563. The number of nitrogens with zero attached hydrogens (tertiary/aromatic N) is 5. The summed E-state index contributed by atoms with van der Waals surface area (Å²) in [5.41, 5.74) is 0.943. The Kier molecular flexibility index (Phi) is 8.67. The summed E-state index contributed by atoms with van der Waals surface area (Å²) in [7, 11) is 4.40. The van der Waals surface area contributed by atoms with Gasteiger partial charge in [0.05, 0.1) is 29.6 Å². The quantitative estimate of drug-likeness (QED) is 0.211. The third-order valence-corrected chi connectivity index (χ3v) is 7.07. The van der Waals surface area contributed by atoms with Gasteiger partial charge in [0.25, 0.3) is 5.69 Å². The second-order valence-electron chi connectivity index (χ2n) is 9.03. The minimum atomic E-state index is -2.65. The summed E-state index contributed by atoms with van der Waals surface area (Å²) in [6.07, 6.45) is 0.974. The SMILES string of the molecule is COc1cc(N(C)CCN(C)C)c([N+](=O)[O-])cc1Nc1ncc(F)c(Nc2ccccc2P(C)(C)=O)n1. The van der Waals surface area contributed by atoms with Gasteiger partial charge in [-0.3, -0.25) is 10.1 Å². The fraction of sp³-hybridized carbons (Fsp3) is 0.333. The summed E-state index contributed by atoms with van der Waals surface area (Å²) >= 11 is 0. The first-order valence-electron chi connectivity index (χ1n) is 11.3. The van der Waals surface area contributed by atoms with E-state index < -0.39 is 17.9 Å². The molecule has 1 aromatic heterocycles. The van der Waals surface area contributed by atoms with E-state index in [-0.39, 0.29) is 23.1 Å². The van der Waals surface area contributed by atoms with Crippen LogP contribution in [0.1, 0.15) is 0 Å². The molecule has 0 radical (unpaired) electrons. The zero-order valence-corrected chi connectivity index (χ0v) is 22.5. The molecular weight excluding hydrogens is 500 g/mol. The number of benzene rings is 2. The molecule has 1 heterocycles. The summed E-state index contributed by atoms with van der Waals surface area (Å²) < 4.78 is 32.7. The zero-order chi connectivity index (χ0) is 27.3. The Morgan fingerprint density at radius 1 is 1.11 bits per heavy atom. The van der Waals surface area contributed by atoms with Crippen LogP contribution in [0.5, 0.6) is 5.75 Å². The summed E-state index contributed by atoms with van der Waals surface area (Å²) in [6, 6.07) is 9.78. The van der Waals surface area contributed by atoms with Crippen LogP contribution in [0.4, 0.5) is 38.9 Å². The molecule has 0 fully saturated rings. The van der Waals surface area contributed by atoms with Gasteiger partial charge in [-0.25, -0.2) is 9.37 Å². The van der Waals surface area contributed by atoms with E-state index in [4.69, 9.17) is 4.74 Å². The van der Waals surface area contributed by atoms with Crippen molar-refractivity contribution in [3.8, 4) is 5.75 Å². The first kappa shape index (κ1) is 27.8. The van der Waals surface area contributed by atoms with Crippen LogP contribution >= 0.6 is 7.14 Å². The molecule has 13 heteroatoms. The molecule has 0 saturated heterocycles. The van der Waals surface area contributed by atoms with Crippen LogP contribution in [0.15, 0.2) is 42.6 Å². The number of rotatable bonds is 11. The van der Waals surface area contributed by atoms with Crippen LogP contribution in [0.3, 0.4) is 0 Å². The topological polar surface area (TPSA) is 126 Å². The Morgan fingerprint density at radius 2 is 1.81 bits per heavy atom. The summed E-state index contributed by atoms with van der Waals surface area (Å²) in [6.45, 7) is 4.50. The number of anilines is 5. The molecule has 0 aliphatic carbocycles. The molecule has 198 valence electrons. The van der Waals surface area contributed by atoms with Crippen molar-refractivity contribution in [1.82, 2.24) is 14.9 Å². The van der Waals surface area contributed by atoms with Crippen LogP contribution in [-0.2, 0) is 4.57 Å².